The van der Waals surface area contributed by atoms with Gasteiger partial charge in [0.05, 0.1) is 17.9 Å². The summed E-state index contributed by atoms with van der Waals surface area (Å²) in [5.74, 6) is -0.843. The number of Topliss-reactive ketones (excluding diaryl/α,β-unsaturated/α-hetero) is 1. The molecule has 2 saturated heterocycles. The smallest absolute Gasteiger partial charge is 0.356 e. The Hall–Kier alpha value is -5.54. The van der Waals surface area contributed by atoms with Crippen LogP contribution in [0.2, 0.25) is 0 Å². The van der Waals surface area contributed by atoms with Crippen molar-refractivity contribution < 1.29 is 28.6 Å². The number of ketones is 1. The van der Waals surface area contributed by atoms with Crippen molar-refractivity contribution in [3.8, 4) is 0 Å². The molecule has 0 radical (unpaired) electrons. The number of carbonyl (C=O) groups is 3. The fourth-order valence-corrected chi connectivity index (χ4v) is 14.6. The van der Waals surface area contributed by atoms with E-state index < -0.39 is 35.4 Å². The molecule has 2 aliphatic heterocycles. The average molecular weight is 905 g/mol. The third kappa shape index (κ3) is 9.86. The third-order valence-corrected chi connectivity index (χ3v) is 17.4. The Labute approximate surface area is 387 Å². The largest absolute Gasteiger partial charge is 0.455 e. The maximum atomic E-state index is 15.9. The van der Waals surface area contributed by atoms with Crippen molar-refractivity contribution in [1.29, 1.82) is 0 Å². The number of thioether (sulfide) groups is 1. The summed E-state index contributed by atoms with van der Waals surface area (Å²) in [5.41, 5.74) is 1.12. The molecule has 2 fully saturated rings. The minimum atomic E-state index is -3.25. The third-order valence-electron chi connectivity index (χ3n) is 11.8. The number of hydrogen-bond acceptors (Lipinski definition) is 8. The van der Waals surface area contributed by atoms with Crippen LogP contribution in [-0.2, 0) is 34.1 Å². The summed E-state index contributed by atoms with van der Waals surface area (Å²) >= 11 is 1.36. The van der Waals surface area contributed by atoms with Crippen LogP contribution in [0.25, 0.3) is 0 Å². The van der Waals surface area contributed by atoms with E-state index in [4.69, 9.17) is 14.2 Å². The fraction of sp³-hybridized carbons (Fsp3) is 0.273. The zero-order chi connectivity index (χ0) is 45.3. The van der Waals surface area contributed by atoms with Crippen LogP contribution in [0.5, 0.6) is 0 Å². The van der Waals surface area contributed by atoms with E-state index in [9.17, 15) is 4.79 Å². The zero-order valence-electron chi connectivity index (χ0n) is 37.3. The van der Waals surface area contributed by atoms with E-state index in [1.807, 2.05) is 166 Å². The number of esters is 1. The molecule has 1 amide bonds. The van der Waals surface area contributed by atoms with Gasteiger partial charge >= 0.3 is 5.97 Å². The summed E-state index contributed by atoms with van der Waals surface area (Å²) < 4.78 is 18.2. The molecule has 0 spiro atoms. The predicted molar refractivity (Wildman–Crippen MR) is 264 cm³/mol. The molecular formula is C55H57N2O6PS. The maximum Gasteiger partial charge on any atom is 0.356 e. The van der Waals surface area contributed by atoms with Gasteiger partial charge in [0.1, 0.15) is 28.2 Å². The number of rotatable bonds is 17. The number of carbonyl (C=O) groups excluding carboxylic acids is 3. The average Bonchev–Trinajstić information content (AvgIpc) is 3.34. The topological polar surface area (TPSA) is 94.2 Å². The summed E-state index contributed by atoms with van der Waals surface area (Å²) in [6, 6.07) is 59.6. The lowest BCUT2D eigenvalue weighted by Crippen LogP contribution is -2.74. The molecule has 0 aliphatic carbocycles. The van der Waals surface area contributed by atoms with Crippen molar-refractivity contribution in [2.45, 2.75) is 75.3 Å². The van der Waals surface area contributed by atoms with E-state index >= 15 is 9.59 Å². The second-order valence-corrected chi connectivity index (χ2v) is 21.8. The molecule has 2 aliphatic rings. The molecular weight excluding hydrogens is 848 g/mol. The summed E-state index contributed by atoms with van der Waals surface area (Å²) in [4.78, 5) is 47.1. The highest BCUT2D eigenvalue weighted by molar-refractivity contribution is 8.01. The van der Waals surface area contributed by atoms with Crippen LogP contribution < -0.4 is 21.2 Å². The first-order valence-corrected chi connectivity index (χ1v) is 25.3. The minimum absolute atomic E-state index is 0.0293. The van der Waals surface area contributed by atoms with Crippen molar-refractivity contribution in [2.75, 3.05) is 19.0 Å². The number of ether oxygens (including phenoxy) is 3. The number of benzene rings is 6. The van der Waals surface area contributed by atoms with Crippen molar-refractivity contribution in [3.05, 3.63) is 199 Å². The zero-order valence-corrected chi connectivity index (χ0v) is 39.0. The minimum Gasteiger partial charge on any atom is -0.455 e. The SMILES string of the molecule is CC(C)(C)OC(=O)C(N1C(=O)C(NC(c2ccccc2)(c2ccccc2)c2ccccc2)C1SCC(=O)CCOC1CCCCO1)=P(c1ccccc1)(c1ccccc1)c1ccccc1. The number of nitrogens with one attached hydrogen (secondary N) is 1. The lowest BCUT2D eigenvalue weighted by atomic mass is 9.76. The maximum absolute atomic E-state index is 15.9. The van der Waals surface area contributed by atoms with Gasteiger partial charge in [0.25, 0.3) is 0 Å². The van der Waals surface area contributed by atoms with Gasteiger partial charge in [-0.15, -0.1) is 11.8 Å². The van der Waals surface area contributed by atoms with E-state index in [0.717, 1.165) is 51.9 Å². The number of likely N-dealkylation sites (tertiary alicyclic amines) is 1. The van der Waals surface area contributed by atoms with Crippen LogP contribution in [0.4, 0.5) is 0 Å². The highest BCUT2D eigenvalue weighted by atomic mass is 32.2. The quantitative estimate of drug-likeness (QED) is 0.0421. The summed E-state index contributed by atoms with van der Waals surface area (Å²) in [6.07, 6.45) is 2.72. The van der Waals surface area contributed by atoms with Crippen LogP contribution in [-0.4, -0.2) is 70.3 Å². The first-order valence-electron chi connectivity index (χ1n) is 22.4. The first-order chi connectivity index (χ1) is 31.6. The van der Waals surface area contributed by atoms with Crippen molar-refractivity contribution in [3.63, 3.8) is 0 Å². The molecule has 0 bridgehead atoms. The molecule has 0 aromatic heterocycles. The standard InChI is InChI=1S/C55H57N2O6PS/c1-54(2,3)63-53(60)51(64(45-30-16-7-17-31-45,46-32-18-8-19-33-46)47-34-20-9-21-35-47)57-50(59)49(52(57)65-40-44(58)37-39-62-48-36-22-23-38-61-48)56-55(41-24-10-4-11-25-41,42-26-12-5-13-27-42)43-28-14-6-15-29-43/h4-21,24-35,48-49,52,56H,22-23,36-40H2,1-3H3. The van der Waals surface area contributed by atoms with Crippen LogP contribution >= 0.6 is 18.6 Å². The summed E-state index contributed by atoms with van der Waals surface area (Å²) in [7, 11) is 0. The van der Waals surface area contributed by atoms with Crippen molar-refractivity contribution in [1.82, 2.24) is 10.2 Å². The molecule has 2 heterocycles. The Morgan fingerprint density at radius 1 is 0.677 bits per heavy atom. The van der Waals surface area contributed by atoms with Gasteiger partial charge in [0, 0.05) is 19.9 Å². The fourth-order valence-electron chi connectivity index (χ4n) is 8.93. The van der Waals surface area contributed by atoms with Crippen LogP contribution in [0.1, 0.15) is 63.1 Å². The monoisotopic (exact) mass is 904 g/mol. The Morgan fingerprint density at radius 3 is 1.54 bits per heavy atom. The highest BCUT2D eigenvalue weighted by Gasteiger charge is 2.57. The van der Waals surface area contributed by atoms with Gasteiger partial charge in [-0.05, 0) is 72.6 Å². The molecule has 6 aromatic rings. The van der Waals surface area contributed by atoms with Gasteiger partial charge in [0.15, 0.2) is 6.29 Å². The van der Waals surface area contributed by atoms with Gasteiger partial charge in [-0.1, -0.05) is 182 Å². The van der Waals surface area contributed by atoms with Crippen LogP contribution in [0.3, 0.4) is 0 Å². The molecule has 0 saturated carbocycles. The van der Waals surface area contributed by atoms with Gasteiger partial charge in [0.2, 0.25) is 5.91 Å². The van der Waals surface area contributed by atoms with Crippen molar-refractivity contribution in [2.24, 2.45) is 0 Å². The Bertz CT molecular complexity index is 2370. The molecule has 1 N–H and O–H groups in total. The van der Waals surface area contributed by atoms with Crippen LogP contribution in [0.15, 0.2) is 182 Å². The van der Waals surface area contributed by atoms with Gasteiger partial charge in [-0.3, -0.25) is 19.8 Å². The molecule has 8 nitrogen and oxygen atoms in total. The van der Waals surface area contributed by atoms with Gasteiger partial charge < -0.3 is 14.2 Å². The number of hydrogen-bond donors (Lipinski definition) is 1. The molecule has 3 atom stereocenters. The molecule has 65 heavy (non-hydrogen) atoms. The normalized spacial score (nSPS) is 17.8. The summed E-state index contributed by atoms with van der Waals surface area (Å²) in [5, 5.41) is 5.87. The van der Waals surface area contributed by atoms with Gasteiger partial charge in [-0.25, -0.2) is 4.79 Å². The number of amides is 1. The van der Waals surface area contributed by atoms with Gasteiger partial charge in [-0.2, -0.15) is 0 Å². The van der Waals surface area contributed by atoms with E-state index in [-0.39, 0.29) is 42.2 Å². The first kappa shape index (κ1) is 46.0. The lowest BCUT2D eigenvalue weighted by Gasteiger charge is -2.53. The lowest BCUT2D eigenvalue weighted by molar-refractivity contribution is -0.163. The van der Waals surface area contributed by atoms with E-state index in [1.165, 1.54) is 11.8 Å². The van der Waals surface area contributed by atoms with Crippen molar-refractivity contribution >= 4 is 57.6 Å². The Kier molecular flexibility index (Phi) is 14.7. The number of nitrogens with zero attached hydrogens (tertiary/aromatic N) is 1. The van der Waals surface area contributed by atoms with Crippen LogP contribution in [0, 0.1) is 0 Å². The predicted octanol–water partition coefficient (Wildman–Crippen LogP) is 8.81. The molecule has 8 rings (SSSR count). The molecule has 6 aromatic carbocycles. The second-order valence-electron chi connectivity index (χ2n) is 17.3. The molecule has 3 unspecified atom stereocenters. The molecule has 10 heteroatoms. The molecule has 334 valence electrons. The Balaban J connectivity index is 1.34. The van der Waals surface area contributed by atoms with E-state index in [0.29, 0.717) is 6.61 Å². The number of β-lactam (4-membered cyclic amide) rings is 1. The van der Waals surface area contributed by atoms with E-state index in [1.54, 1.807) is 4.90 Å². The summed E-state index contributed by atoms with van der Waals surface area (Å²) in [6.45, 7) is 3.18. The highest BCUT2D eigenvalue weighted by Crippen LogP contribution is 2.51. The Morgan fingerprint density at radius 2 is 1.12 bits per heavy atom. The second kappa shape index (κ2) is 20.7. The van der Waals surface area contributed by atoms with E-state index in [2.05, 4.69) is 41.7 Å².